The van der Waals surface area contributed by atoms with E-state index >= 15 is 0 Å². The highest BCUT2D eigenvalue weighted by Crippen LogP contribution is 2.30. The molecule has 3 rings (SSSR count). The van der Waals surface area contributed by atoms with Crippen LogP contribution in [0, 0.1) is 5.92 Å². The van der Waals surface area contributed by atoms with Crippen molar-refractivity contribution in [1.29, 1.82) is 0 Å². The topological polar surface area (TPSA) is 42.1 Å². The first-order valence-electron chi connectivity index (χ1n) is 8.00. The molecule has 3 nitrogen and oxygen atoms in total. The Morgan fingerprint density at radius 1 is 1.24 bits per heavy atom. The van der Waals surface area contributed by atoms with E-state index in [-0.39, 0.29) is 12.1 Å². The van der Waals surface area contributed by atoms with E-state index in [0.29, 0.717) is 5.92 Å². The molecule has 2 N–H and O–H groups in total. The Bertz CT molecular complexity index is 608. The molecule has 1 aliphatic rings. The fraction of sp³-hybridized carbons (Fsp3) is 0.500. The van der Waals surface area contributed by atoms with Gasteiger partial charge in [0.15, 0.2) is 0 Å². The standard InChI is InChI=1S/C18H25N3/c1-13(2)12-21-11-5-7-15(19)18(21)17-10-9-14-6-3-4-8-16(14)20-17/h3-4,6,8-10,13,15,18H,5,7,11-12,19H2,1-2H3. The molecule has 2 atom stereocenters. The third-order valence-corrected chi connectivity index (χ3v) is 4.30. The minimum absolute atomic E-state index is 0.186. The van der Waals surface area contributed by atoms with Gasteiger partial charge in [0.2, 0.25) is 0 Å². The van der Waals surface area contributed by atoms with Crippen LogP contribution in [0.5, 0.6) is 0 Å². The van der Waals surface area contributed by atoms with Crippen molar-refractivity contribution in [2.24, 2.45) is 11.7 Å². The van der Waals surface area contributed by atoms with E-state index < -0.39 is 0 Å². The lowest BCUT2D eigenvalue weighted by Gasteiger charge is -2.40. The minimum atomic E-state index is 0.186. The number of hydrogen-bond acceptors (Lipinski definition) is 3. The highest BCUT2D eigenvalue weighted by molar-refractivity contribution is 5.78. The summed E-state index contributed by atoms with van der Waals surface area (Å²) < 4.78 is 0. The van der Waals surface area contributed by atoms with Crippen LogP contribution in [-0.2, 0) is 0 Å². The van der Waals surface area contributed by atoms with Crippen molar-refractivity contribution >= 4 is 10.9 Å². The number of likely N-dealkylation sites (tertiary alicyclic amines) is 1. The van der Waals surface area contributed by atoms with E-state index in [1.54, 1.807) is 0 Å². The summed E-state index contributed by atoms with van der Waals surface area (Å²) in [5.74, 6) is 0.651. The summed E-state index contributed by atoms with van der Waals surface area (Å²) >= 11 is 0. The van der Waals surface area contributed by atoms with Crippen LogP contribution < -0.4 is 5.73 Å². The Kier molecular flexibility index (Phi) is 4.22. The zero-order valence-corrected chi connectivity index (χ0v) is 13.0. The van der Waals surface area contributed by atoms with Gasteiger partial charge in [0.05, 0.1) is 17.3 Å². The molecule has 112 valence electrons. The highest BCUT2D eigenvalue weighted by Gasteiger charge is 2.31. The lowest BCUT2D eigenvalue weighted by atomic mass is 9.92. The number of piperidine rings is 1. The molecule has 0 saturated carbocycles. The first kappa shape index (κ1) is 14.5. The summed E-state index contributed by atoms with van der Waals surface area (Å²) in [7, 11) is 0. The number of nitrogens with zero attached hydrogens (tertiary/aromatic N) is 2. The van der Waals surface area contributed by atoms with Gasteiger partial charge in [0.1, 0.15) is 0 Å². The molecule has 1 fully saturated rings. The second-order valence-corrected chi connectivity index (χ2v) is 6.57. The zero-order valence-electron chi connectivity index (χ0n) is 13.0. The third-order valence-electron chi connectivity index (χ3n) is 4.30. The minimum Gasteiger partial charge on any atom is -0.326 e. The number of para-hydroxylation sites is 1. The molecule has 2 heterocycles. The Labute approximate surface area is 127 Å². The molecular weight excluding hydrogens is 258 g/mol. The molecule has 0 amide bonds. The Morgan fingerprint density at radius 3 is 2.86 bits per heavy atom. The van der Waals surface area contributed by atoms with E-state index in [1.807, 2.05) is 6.07 Å². The SMILES string of the molecule is CC(C)CN1CCCC(N)C1c1ccc2ccccc2n1. The van der Waals surface area contributed by atoms with E-state index in [9.17, 15) is 0 Å². The predicted octanol–water partition coefficient (Wildman–Crippen LogP) is 3.36. The number of aromatic nitrogens is 1. The van der Waals surface area contributed by atoms with Crippen molar-refractivity contribution in [3.63, 3.8) is 0 Å². The Morgan fingerprint density at radius 2 is 2.05 bits per heavy atom. The number of fused-ring (bicyclic) bond motifs is 1. The number of nitrogens with two attached hydrogens (primary N) is 1. The largest absolute Gasteiger partial charge is 0.326 e. The van der Waals surface area contributed by atoms with Crippen LogP contribution in [0.25, 0.3) is 10.9 Å². The van der Waals surface area contributed by atoms with Gasteiger partial charge in [-0.15, -0.1) is 0 Å². The predicted molar refractivity (Wildman–Crippen MR) is 88.1 cm³/mol. The summed E-state index contributed by atoms with van der Waals surface area (Å²) in [6, 6.07) is 13.1. The first-order valence-corrected chi connectivity index (χ1v) is 8.00. The van der Waals surface area contributed by atoms with Gasteiger partial charge in [-0.2, -0.15) is 0 Å². The van der Waals surface area contributed by atoms with Gasteiger partial charge in [-0.25, -0.2) is 0 Å². The smallest absolute Gasteiger partial charge is 0.0706 e. The number of benzene rings is 1. The van der Waals surface area contributed by atoms with Crippen molar-refractivity contribution in [2.75, 3.05) is 13.1 Å². The summed E-state index contributed by atoms with van der Waals surface area (Å²) in [6.45, 7) is 6.76. The normalized spacial score (nSPS) is 23.8. The second-order valence-electron chi connectivity index (χ2n) is 6.57. The zero-order chi connectivity index (χ0) is 14.8. The van der Waals surface area contributed by atoms with Crippen molar-refractivity contribution in [3.05, 3.63) is 42.1 Å². The molecule has 0 spiro atoms. The molecular formula is C18H25N3. The van der Waals surface area contributed by atoms with Gasteiger partial charge in [-0.1, -0.05) is 38.1 Å². The lowest BCUT2D eigenvalue weighted by Crippen LogP contribution is -2.47. The molecule has 0 aliphatic carbocycles. The van der Waals surface area contributed by atoms with E-state index in [1.165, 1.54) is 11.8 Å². The molecule has 1 saturated heterocycles. The van der Waals surface area contributed by atoms with Crippen molar-refractivity contribution < 1.29 is 0 Å². The van der Waals surface area contributed by atoms with Gasteiger partial charge in [-0.05, 0) is 37.4 Å². The maximum Gasteiger partial charge on any atom is 0.0706 e. The summed E-state index contributed by atoms with van der Waals surface area (Å²) in [4.78, 5) is 7.41. The van der Waals surface area contributed by atoms with E-state index in [2.05, 4.69) is 49.1 Å². The molecule has 1 aliphatic heterocycles. The average molecular weight is 283 g/mol. The third kappa shape index (κ3) is 3.09. The first-order chi connectivity index (χ1) is 10.1. The van der Waals surface area contributed by atoms with Crippen molar-refractivity contribution in [3.8, 4) is 0 Å². The van der Waals surface area contributed by atoms with Gasteiger partial charge in [0, 0.05) is 18.0 Å². The summed E-state index contributed by atoms with van der Waals surface area (Å²) in [6.07, 6.45) is 2.28. The molecule has 0 radical (unpaired) electrons. The second kappa shape index (κ2) is 6.12. The maximum absolute atomic E-state index is 6.44. The van der Waals surface area contributed by atoms with Gasteiger partial charge in [-0.3, -0.25) is 9.88 Å². The quantitative estimate of drug-likeness (QED) is 0.939. The molecule has 2 unspecified atom stereocenters. The van der Waals surface area contributed by atoms with E-state index in [4.69, 9.17) is 10.7 Å². The van der Waals surface area contributed by atoms with Crippen LogP contribution in [0.1, 0.15) is 38.4 Å². The maximum atomic E-state index is 6.44. The monoisotopic (exact) mass is 283 g/mol. The Balaban J connectivity index is 1.96. The molecule has 0 bridgehead atoms. The van der Waals surface area contributed by atoms with Crippen LogP contribution in [0.2, 0.25) is 0 Å². The highest BCUT2D eigenvalue weighted by atomic mass is 15.2. The average Bonchev–Trinajstić information content (AvgIpc) is 2.46. The fourth-order valence-corrected chi connectivity index (χ4v) is 3.42. The van der Waals surface area contributed by atoms with Gasteiger partial charge >= 0.3 is 0 Å². The van der Waals surface area contributed by atoms with E-state index in [0.717, 1.165) is 30.7 Å². The molecule has 2 aromatic rings. The van der Waals surface area contributed by atoms with Gasteiger partial charge in [0.25, 0.3) is 0 Å². The van der Waals surface area contributed by atoms with Crippen LogP contribution in [0.3, 0.4) is 0 Å². The number of rotatable bonds is 3. The summed E-state index contributed by atoms with van der Waals surface area (Å²) in [5.41, 5.74) is 8.63. The van der Waals surface area contributed by atoms with Gasteiger partial charge < -0.3 is 5.73 Å². The number of pyridine rings is 1. The number of hydrogen-bond donors (Lipinski definition) is 1. The lowest BCUT2D eigenvalue weighted by molar-refractivity contribution is 0.111. The van der Waals surface area contributed by atoms with Crippen molar-refractivity contribution in [1.82, 2.24) is 9.88 Å². The van der Waals surface area contributed by atoms with Crippen LogP contribution in [0.15, 0.2) is 36.4 Å². The molecule has 1 aromatic heterocycles. The van der Waals surface area contributed by atoms with Crippen LogP contribution in [0.4, 0.5) is 0 Å². The van der Waals surface area contributed by atoms with Crippen LogP contribution in [-0.4, -0.2) is 29.0 Å². The molecule has 1 aromatic carbocycles. The van der Waals surface area contributed by atoms with Crippen molar-refractivity contribution in [2.45, 2.75) is 38.8 Å². The summed E-state index contributed by atoms with van der Waals surface area (Å²) in [5, 5.41) is 1.20. The molecule has 21 heavy (non-hydrogen) atoms. The Hall–Kier alpha value is -1.45. The van der Waals surface area contributed by atoms with Crippen LogP contribution >= 0.6 is 0 Å². The molecule has 3 heteroatoms. The fourth-order valence-electron chi connectivity index (χ4n) is 3.42.